The predicted octanol–water partition coefficient (Wildman–Crippen LogP) is 7.03. The number of nitrogens with zero attached hydrogens (tertiary/aromatic N) is 2. The molecule has 0 aliphatic heterocycles. The van der Waals surface area contributed by atoms with Gasteiger partial charge in [-0.05, 0) is 30.2 Å². The first-order chi connectivity index (χ1) is 12.6. The summed E-state index contributed by atoms with van der Waals surface area (Å²) < 4.78 is 2.23. The van der Waals surface area contributed by atoms with E-state index in [1.54, 1.807) is 0 Å². The molecule has 144 valence electrons. The maximum Gasteiger partial charge on any atom is 0.0952 e. The summed E-state index contributed by atoms with van der Waals surface area (Å²) in [5.41, 5.74) is 2.99. The predicted molar refractivity (Wildman–Crippen MR) is 112 cm³/mol. The molecule has 2 nitrogen and oxygen atoms in total. The zero-order valence-corrected chi connectivity index (χ0v) is 17.2. The van der Waals surface area contributed by atoms with Crippen molar-refractivity contribution in [2.45, 2.75) is 91.5 Å². The topological polar surface area (TPSA) is 17.8 Å². The Morgan fingerprint density at radius 1 is 0.885 bits per heavy atom. The molecule has 26 heavy (non-hydrogen) atoms. The van der Waals surface area contributed by atoms with Crippen LogP contribution >= 0.6 is 0 Å². The summed E-state index contributed by atoms with van der Waals surface area (Å²) in [4.78, 5) is 4.73. The highest BCUT2D eigenvalue weighted by Gasteiger charge is 2.25. The molecule has 2 aromatic rings. The van der Waals surface area contributed by atoms with Crippen molar-refractivity contribution in [2.24, 2.45) is 5.41 Å². The highest BCUT2D eigenvalue weighted by Crippen LogP contribution is 2.34. The van der Waals surface area contributed by atoms with Gasteiger partial charge in [0, 0.05) is 12.7 Å². The van der Waals surface area contributed by atoms with E-state index in [1.807, 2.05) is 6.33 Å². The fourth-order valence-electron chi connectivity index (χ4n) is 3.90. The number of aromatic nitrogens is 2. The summed E-state index contributed by atoms with van der Waals surface area (Å²) in [7, 11) is 0. The summed E-state index contributed by atoms with van der Waals surface area (Å²) >= 11 is 0. The molecule has 0 N–H and O–H groups in total. The first-order valence-corrected chi connectivity index (χ1v) is 10.7. The van der Waals surface area contributed by atoms with E-state index in [2.05, 4.69) is 61.9 Å². The van der Waals surface area contributed by atoms with Crippen LogP contribution < -0.4 is 0 Å². The molecule has 0 bridgehead atoms. The van der Waals surface area contributed by atoms with E-state index in [1.165, 1.54) is 69.0 Å². The summed E-state index contributed by atoms with van der Waals surface area (Å²) in [5.74, 6) is 0. The molecule has 2 rings (SSSR count). The Labute approximate surface area is 161 Å². The van der Waals surface area contributed by atoms with E-state index in [0.29, 0.717) is 5.41 Å². The van der Waals surface area contributed by atoms with Crippen molar-refractivity contribution in [1.29, 1.82) is 0 Å². The van der Waals surface area contributed by atoms with Crippen LogP contribution in [-0.4, -0.2) is 9.55 Å². The smallest absolute Gasteiger partial charge is 0.0952 e. The zero-order valence-electron chi connectivity index (χ0n) is 17.2. The third-order valence-electron chi connectivity index (χ3n) is 5.52. The first-order valence-electron chi connectivity index (χ1n) is 10.7. The van der Waals surface area contributed by atoms with E-state index in [-0.39, 0.29) is 0 Å². The summed E-state index contributed by atoms with van der Waals surface area (Å²) in [5, 5.41) is 0. The van der Waals surface area contributed by atoms with Crippen molar-refractivity contribution in [3.8, 4) is 0 Å². The fourth-order valence-corrected chi connectivity index (χ4v) is 3.90. The lowest BCUT2D eigenvalue weighted by Crippen LogP contribution is -2.20. The van der Waals surface area contributed by atoms with Crippen molar-refractivity contribution in [3.05, 3.63) is 54.1 Å². The molecule has 1 unspecified atom stereocenters. The van der Waals surface area contributed by atoms with E-state index in [4.69, 9.17) is 4.98 Å². The van der Waals surface area contributed by atoms with Crippen molar-refractivity contribution in [2.75, 3.05) is 0 Å². The fraction of sp³-hybridized carbons (Fsp3) is 0.625. The molecule has 0 radical (unpaired) electrons. The number of hydrogen-bond donors (Lipinski definition) is 0. The number of rotatable bonds is 13. The summed E-state index contributed by atoms with van der Waals surface area (Å²) in [6.07, 6.45) is 17.5. The standard InChI is InChI=1S/C24H38N2/c1-4-6-8-13-17-24(3,16-12-7-5-2)18-23-20-26(21-25-23)19-22-14-10-9-11-15-22/h9-11,14-15,20-21H,4-8,12-13,16-19H2,1-3H3. The molecule has 0 saturated carbocycles. The van der Waals surface area contributed by atoms with Gasteiger partial charge in [-0.2, -0.15) is 0 Å². The van der Waals surface area contributed by atoms with Crippen molar-refractivity contribution in [3.63, 3.8) is 0 Å². The zero-order chi connectivity index (χ0) is 18.7. The van der Waals surface area contributed by atoms with Crippen LogP contribution in [0.15, 0.2) is 42.9 Å². The largest absolute Gasteiger partial charge is 0.333 e. The quantitative estimate of drug-likeness (QED) is 0.353. The van der Waals surface area contributed by atoms with Gasteiger partial charge in [0.15, 0.2) is 0 Å². The Morgan fingerprint density at radius 2 is 1.54 bits per heavy atom. The lowest BCUT2D eigenvalue weighted by atomic mass is 9.76. The molecule has 1 atom stereocenters. The van der Waals surface area contributed by atoms with Crippen molar-refractivity contribution >= 4 is 0 Å². The summed E-state index contributed by atoms with van der Waals surface area (Å²) in [6, 6.07) is 10.6. The van der Waals surface area contributed by atoms with E-state index >= 15 is 0 Å². The van der Waals surface area contributed by atoms with Crippen LogP contribution in [0.1, 0.15) is 89.8 Å². The Kier molecular flexibility index (Phi) is 8.94. The second-order valence-corrected chi connectivity index (χ2v) is 8.28. The highest BCUT2D eigenvalue weighted by molar-refractivity contribution is 5.15. The molecular weight excluding hydrogens is 316 g/mol. The number of imidazole rings is 1. The SMILES string of the molecule is CCCCCCC(C)(CCCCC)Cc1cn(Cc2ccccc2)cn1. The lowest BCUT2D eigenvalue weighted by molar-refractivity contribution is 0.247. The van der Waals surface area contributed by atoms with Gasteiger partial charge >= 0.3 is 0 Å². The van der Waals surface area contributed by atoms with Crippen LogP contribution in [0.3, 0.4) is 0 Å². The molecular formula is C24H38N2. The lowest BCUT2D eigenvalue weighted by Gasteiger charge is -2.29. The number of benzene rings is 1. The van der Waals surface area contributed by atoms with Gasteiger partial charge in [-0.25, -0.2) is 4.98 Å². The summed E-state index contributed by atoms with van der Waals surface area (Å²) in [6.45, 7) is 7.99. The van der Waals surface area contributed by atoms with Crippen LogP contribution in [0, 0.1) is 5.41 Å². The van der Waals surface area contributed by atoms with Gasteiger partial charge in [-0.15, -0.1) is 0 Å². The molecule has 0 spiro atoms. The third kappa shape index (κ3) is 7.35. The molecule has 1 aromatic heterocycles. The van der Waals surface area contributed by atoms with E-state index in [0.717, 1.165) is 13.0 Å². The average molecular weight is 355 g/mol. The normalized spacial score (nSPS) is 13.7. The molecule has 0 aliphatic carbocycles. The molecule has 0 amide bonds. The Morgan fingerprint density at radius 3 is 2.23 bits per heavy atom. The van der Waals surface area contributed by atoms with Gasteiger partial charge in [0.25, 0.3) is 0 Å². The highest BCUT2D eigenvalue weighted by atomic mass is 15.0. The number of unbranched alkanes of at least 4 members (excludes halogenated alkanes) is 5. The first kappa shape index (κ1) is 20.7. The number of hydrogen-bond acceptors (Lipinski definition) is 1. The van der Waals surface area contributed by atoms with Crippen LogP contribution in [0.5, 0.6) is 0 Å². The van der Waals surface area contributed by atoms with Gasteiger partial charge in [-0.3, -0.25) is 0 Å². The molecule has 1 heterocycles. The maximum absolute atomic E-state index is 4.73. The second-order valence-electron chi connectivity index (χ2n) is 8.28. The van der Waals surface area contributed by atoms with Gasteiger partial charge in [0.05, 0.1) is 12.0 Å². The maximum atomic E-state index is 4.73. The second kappa shape index (κ2) is 11.2. The Hall–Kier alpha value is -1.57. The minimum Gasteiger partial charge on any atom is -0.333 e. The van der Waals surface area contributed by atoms with Crippen LogP contribution in [0.25, 0.3) is 0 Å². The van der Waals surface area contributed by atoms with E-state index < -0.39 is 0 Å². The minimum absolute atomic E-state index is 0.398. The van der Waals surface area contributed by atoms with Gasteiger partial charge in [0.2, 0.25) is 0 Å². The van der Waals surface area contributed by atoms with Crippen LogP contribution in [0.4, 0.5) is 0 Å². The van der Waals surface area contributed by atoms with Crippen LogP contribution in [0.2, 0.25) is 0 Å². The van der Waals surface area contributed by atoms with Crippen molar-refractivity contribution < 1.29 is 0 Å². The third-order valence-corrected chi connectivity index (χ3v) is 5.52. The molecule has 0 saturated heterocycles. The average Bonchev–Trinajstić information content (AvgIpc) is 3.06. The molecule has 2 heteroatoms. The molecule has 1 aromatic carbocycles. The van der Waals surface area contributed by atoms with Gasteiger partial charge in [0.1, 0.15) is 0 Å². The molecule has 0 aliphatic rings. The van der Waals surface area contributed by atoms with E-state index in [9.17, 15) is 0 Å². The minimum atomic E-state index is 0.398. The van der Waals surface area contributed by atoms with Gasteiger partial charge in [-0.1, -0.05) is 96.0 Å². The van der Waals surface area contributed by atoms with Crippen LogP contribution in [-0.2, 0) is 13.0 Å². The monoisotopic (exact) mass is 354 g/mol. The Balaban J connectivity index is 1.95. The molecule has 0 fully saturated rings. The van der Waals surface area contributed by atoms with Crippen molar-refractivity contribution in [1.82, 2.24) is 9.55 Å². The van der Waals surface area contributed by atoms with Gasteiger partial charge < -0.3 is 4.57 Å². The Bertz CT molecular complexity index is 602.